The van der Waals surface area contributed by atoms with Crippen molar-refractivity contribution in [2.45, 2.75) is 37.9 Å². The summed E-state index contributed by atoms with van der Waals surface area (Å²) in [4.78, 5) is 0. The molecule has 1 aliphatic rings. The van der Waals surface area contributed by atoms with Gasteiger partial charge in [-0.2, -0.15) is 0 Å². The molecule has 0 aliphatic heterocycles. The first-order valence-electron chi connectivity index (χ1n) is 5.08. The number of hydrogen-bond donors (Lipinski definition) is 0. The first kappa shape index (κ1) is 12.8. The fourth-order valence-corrected chi connectivity index (χ4v) is 1.91. The van der Waals surface area contributed by atoms with Crippen LogP contribution in [-0.4, -0.2) is 36.1 Å². The van der Waals surface area contributed by atoms with E-state index in [1.165, 1.54) is 19.3 Å². The monoisotopic (exact) mass is 284 g/mol. The van der Waals surface area contributed by atoms with Crippen molar-refractivity contribution in [2.24, 2.45) is 0 Å². The molecule has 0 saturated heterocycles. The summed E-state index contributed by atoms with van der Waals surface area (Å²) in [5, 5.41) is 0.757. The molecule has 0 aromatic heterocycles. The van der Waals surface area contributed by atoms with Crippen LogP contribution in [0.2, 0.25) is 0 Å². The zero-order chi connectivity index (χ0) is 10.4. The molecule has 2 nitrogen and oxygen atoms in total. The van der Waals surface area contributed by atoms with E-state index in [1.807, 2.05) is 6.92 Å². The summed E-state index contributed by atoms with van der Waals surface area (Å²) in [6.45, 7) is 3.31. The van der Waals surface area contributed by atoms with Crippen LogP contribution in [0.3, 0.4) is 0 Å². The predicted molar refractivity (Wildman–Crippen MR) is 62.5 cm³/mol. The van der Waals surface area contributed by atoms with Crippen LogP contribution in [0.1, 0.15) is 26.2 Å². The first-order chi connectivity index (χ1) is 6.70. The SMILES string of the molecule is CC(CCl)(CBr)OCCOC1CCC1. The highest BCUT2D eigenvalue weighted by atomic mass is 79.9. The molecule has 1 atom stereocenters. The lowest BCUT2D eigenvalue weighted by molar-refractivity contribution is -0.0637. The van der Waals surface area contributed by atoms with Gasteiger partial charge < -0.3 is 9.47 Å². The Balaban J connectivity index is 2.01. The van der Waals surface area contributed by atoms with Crippen LogP contribution in [0.15, 0.2) is 0 Å². The third-order valence-corrected chi connectivity index (χ3v) is 4.26. The number of halogens is 2. The van der Waals surface area contributed by atoms with Gasteiger partial charge in [0.25, 0.3) is 0 Å². The predicted octanol–water partition coefficient (Wildman–Crippen LogP) is 2.96. The van der Waals surface area contributed by atoms with Crippen molar-refractivity contribution in [1.82, 2.24) is 0 Å². The molecular weight excluding hydrogens is 267 g/mol. The molecule has 0 heterocycles. The molecule has 1 fully saturated rings. The molecule has 0 amide bonds. The van der Waals surface area contributed by atoms with E-state index < -0.39 is 0 Å². The lowest BCUT2D eigenvalue weighted by Crippen LogP contribution is -2.34. The summed E-state index contributed by atoms with van der Waals surface area (Å²) >= 11 is 9.18. The summed E-state index contributed by atoms with van der Waals surface area (Å²) in [7, 11) is 0. The highest BCUT2D eigenvalue weighted by Crippen LogP contribution is 2.22. The summed E-state index contributed by atoms with van der Waals surface area (Å²) in [5.74, 6) is 0.502. The maximum Gasteiger partial charge on any atom is 0.0886 e. The molecule has 1 rings (SSSR count). The Labute approximate surface area is 99.4 Å². The van der Waals surface area contributed by atoms with Gasteiger partial charge in [0.2, 0.25) is 0 Å². The van der Waals surface area contributed by atoms with Crippen LogP contribution in [0, 0.1) is 0 Å². The van der Waals surface area contributed by atoms with Crippen molar-refractivity contribution in [2.75, 3.05) is 24.4 Å². The van der Waals surface area contributed by atoms with Crippen molar-refractivity contribution >= 4 is 27.5 Å². The van der Waals surface area contributed by atoms with Gasteiger partial charge in [0.05, 0.1) is 30.8 Å². The summed E-state index contributed by atoms with van der Waals surface area (Å²) < 4.78 is 11.2. The van der Waals surface area contributed by atoms with E-state index >= 15 is 0 Å². The molecule has 0 radical (unpaired) electrons. The fourth-order valence-electron chi connectivity index (χ4n) is 1.15. The molecule has 0 spiro atoms. The van der Waals surface area contributed by atoms with Crippen LogP contribution in [0.25, 0.3) is 0 Å². The van der Waals surface area contributed by atoms with Crippen LogP contribution in [0.4, 0.5) is 0 Å². The summed E-state index contributed by atoms with van der Waals surface area (Å²) in [6, 6.07) is 0. The molecule has 0 N–H and O–H groups in total. The second-order valence-electron chi connectivity index (χ2n) is 3.99. The first-order valence-corrected chi connectivity index (χ1v) is 6.73. The Kier molecular flexibility index (Phi) is 5.75. The Morgan fingerprint density at radius 3 is 2.57 bits per heavy atom. The minimum absolute atomic E-state index is 0.259. The van der Waals surface area contributed by atoms with Gasteiger partial charge >= 0.3 is 0 Å². The number of hydrogen-bond acceptors (Lipinski definition) is 2. The number of alkyl halides is 2. The zero-order valence-electron chi connectivity index (χ0n) is 8.60. The summed E-state index contributed by atoms with van der Waals surface area (Å²) in [5.41, 5.74) is -0.259. The number of rotatable bonds is 7. The molecule has 14 heavy (non-hydrogen) atoms. The third-order valence-electron chi connectivity index (χ3n) is 2.50. The average Bonchev–Trinajstić information content (AvgIpc) is 2.14. The van der Waals surface area contributed by atoms with E-state index in [2.05, 4.69) is 15.9 Å². The van der Waals surface area contributed by atoms with Crippen LogP contribution < -0.4 is 0 Å². The van der Waals surface area contributed by atoms with E-state index in [0.717, 1.165) is 5.33 Å². The van der Waals surface area contributed by atoms with Crippen molar-refractivity contribution in [3.63, 3.8) is 0 Å². The van der Waals surface area contributed by atoms with E-state index in [-0.39, 0.29) is 5.60 Å². The average molecular weight is 286 g/mol. The van der Waals surface area contributed by atoms with Crippen LogP contribution >= 0.6 is 27.5 Å². The highest BCUT2D eigenvalue weighted by molar-refractivity contribution is 9.09. The minimum Gasteiger partial charge on any atom is -0.376 e. The van der Waals surface area contributed by atoms with Crippen molar-refractivity contribution < 1.29 is 9.47 Å². The quantitative estimate of drug-likeness (QED) is 0.529. The minimum atomic E-state index is -0.259. The maximum absolute atomic E-state index is 5.79. The van der Waals surface area contributed by atoms with Gasteiger partial charge in [0, 0.05) is 5.33 Å². The van der Waals surface area contributed by atoms with E-state index in [0.29, 0.717) is 25.2 Å². The molecule has 0 bridgehead atoms. The standard InChI is InChI=1S/C10H18BrClO2/c1-10(7-11,8-12)14-6-5-13-9-3-2-4-9/h9H,2-8H2,1H3. The molecule has 1 unspecified atom stereocenters. The van der Waals surface area contributed by atoms with E-state index in [4.69, 9.17) is 21.1 Å². The Bertz CT molecular complexity index is 158. The largest absolute Gasteiger partial charge is 0.376 e. The molecule has 1 saturated carbocycles. The van der Waals surface area contributed by atoms with Gasteiger partial charge in [-0.25, -0.2) is 0 Å². The molecule has 1 aliphatic carbocycles. The zero-order valence-corrected chi connectivity index (χ0v) is 10.9. The van der Waals surface area contributed by atoms with Gasteiger partial charge in [-0.3, -0.25) is 0 Å². The normalized spacial score (nSPS) is 21.6. The van der Waals surface area contributed by atoms with E-state index in [9.17, 15) is 0 Å². The molecule has 4 heteroatoms. The third kappa shape index (κ3) is 4.05. The molecule has 84 valence electrons. The Morgan fingerprint density at radius 1 is 1.43 bits per heavy atom. The van der Waals surface area contributed by atoms with Gasteiger partial charge in [0.15, 0.2) is 0 Å². The van der Waals surface area contributed by atoms with Crippen molar-refractivity contribution in [1.29, 1.82) is 0 Å². The van der Waals surface area contributed by atoms with Gasteiger partial charge in [-0.15, -0.1) is 11.6 Å². The molecule has 0 aromatic carbocycles. The maximum atomic E-state index is 5.79. The Hall–Kier alpha value is 0.690. The second-order valence-corrected chi connectivity index (χ2v) is 4.82. The number of ether oxygens (including phenoxy) is 2. The van der Waals surface area contributed by atoms with Gasteiger partial charge in [-0.1, -0.05) is 15.9 Å². The van der Waals surface area contributed by atoms with Crippen LogP contribution in [0.5, 0.6) is 0 Å². The Morgan fingerprint density at radius 2 is 2.14 bits per heavy atom. The van der Waals surface area contributed by atoms with Crippen molar-refractivity contribution in [3.8, 4) is 0 Å². The van der Waals surface area contributed by atoms with Crippen molar-refractivity contribution in [3.05, 3.63) is 0 Å². The lowest BCUT2D eigenvalue weighted by Gasteiger charge is -2.28. The topological polar surface area (TPSA) is 18.5 Å². The summed E-state index contributed by atoms with van der Waals surface area (Å²) in [6.07, 6.45) is 4.23. The fraction of sp³-hybridized carbons (Fsp3) is 1.00. The molecule has 0 aromatic rings. The lowest BCUT2D eigenvalue weighted by atomic mass is 9.96. The molecular formula is C10H18BrClO2. The highest BCUT2D eigenvalue weighted by Gasteiger charge is 2.23. The van der Waals surface area contributed by atoms with E-state index in [1.54, 1.807) is 0 Å². The van der Waals surface area contributed by atoms with Crippen LogP contribution in [-0.2, 0) is 9.47 Å². The second kappa shape index (κ2) is 6.31. The van der Waals surface area contributed by atoms with Gasteiger partial charge in [0.1, 0.15) is 0 Å². The smallest absolute Gasteiger partial charge is 0.0886 e. The van der Waals surface area contributed by atoms with Gasteiger partial charge in [-0.05, 0) is 26.2 Å².